The van der Waals surface area contributed by atoms with E-state index in [1.165, 1.54) is 6.08 Å². The molecule has 0 radical (unpaired) electrons. The molecule has 0 bridgehead atoms. The van der Waals surface area contributed by atoms with Gasteiger partial charge in [-0.3, -0.25) is 10.1 Å². The van der Waals surface area contributed by atoms with Crippen LogP contribution in [0.3, 0.4) is 0 Å². The zero-order valence-corrected chi connectivity index (χ0v) is 16.6. The van der Waals surface area contributed by atoms with E-state index < -0.39 is 17.7 Å². The minimum Gasteiger partial charge on any atom is -0.478 e. The highest BCUT2D eigenvalue weighted by Crippen LogP contribution is 2.22. The number of carbonyl (C=O) groups excluding carboxylic acids is 2. The van der Waals surface area contributed by atoms with Crippen LogP contribution < -0.4 is 10.6 Å². The van der Waals surface area contributed by atoms with Gasteiger partial charge in [-0.05, 0) is 50.1 Å². The van der Waals surface area contributed by atoms with E-state index in [1.807, 2.05) is 0 Å². The molecule has 0 heterocycles. The quantitative estimate of drug-likeness (QED) is 0.631. The van der Waals surface area contributed by atoms with Crippen molar-refractivity contribution in [2.24, 2.45) is 0 Å². The summed E-state index contributed by atoms with van der Waals surface area (Å²) in [6, 6.07) is 13.8. The van der Waals surface area contributed by atoms with Crippen LogP contribution in [0.1, 0.15) is 31.9 Å². The molecule has 2 aromatic rings. The smallest absolute Gasteiger partial charge is 0.412 e. The minimum absolute atomic E-state index is 0.129. The largest absolute Gasteiger partial charge is 0.478 e. The number of para-hydroxylation sites is 2. The lowest BCUT2D eigenvalue weighted by Gasteiger charge is -2.20. The summed E-state index contributed by atoms with van der Waals surface area (Å²) in [6.45, 7) is 5.30. The summed E-state index contributed by atoms with van der Waals surface area (Å²) in [4.78, 5) is 34.9. The van der Waals surface area contributed by atoms with Gasteiger partial charge in [0.15, 0.2) is 0 Å². The second-order valence-corrected chi connectivity index (χ2v) is 7.31. The molecule has 152 valence electrons. The lowest BCUT2D eigenvalue weighted by Crippen LogP contribution is -2.27. The highest BCUT2D eigenvalue weighted by molar-refractivity contribution is 5.98. The van der Waals surface area contributed by atoms with Crippen LogP contribution >= 0.6 is 0 Å². The third-order valence-corrected chi connectivity index (χ3v) is 3.60. The number of carboxylic acids is 1. The van der Waals surface area contributed by atoms with E-state index in [0.29, 0.717) is 11.4 Å². The van der Waals surface area contributed by atoms with Crippen molar-refractivity contribution in [1.29, 1.82) is 0 Å². The monoisotopic (exact) mass is 396 g/mol. The normalized spacial score (nSPS) is 11.1. The minimum atomic E-state index is -1.02. The van der Waals surface area contributed by atoms with Gasteiger partial charge >= 0.3 is 12.1 Å². The molecule has 0 aromatic heterocycles. The van der Waals surface area contributed by atoms with Gasteiger partial charge in [0.1, 0.15) is 5.60 Å². The summed E-state index contributed by atoms with van der Waals surface area (Å²) in [5, 5.41) is 14.1. The van der Waals surface area contributed by atoms with E-state index >= 15 is 0 Å². The maximum atomic E-state index is 12.4. The van der Waals surface area contributed by atoms with E-state index in [1.54, 1.807) is 69.3 Å². The number of carboxylic acid groups (broad SMARTS) is 1. The summed E-state index contributed by atoms with van der Waals surface area (Å²) < 4.78 is 5.24. The third-order valence-electron chi connectivity index (χ3n) is 3.60. The number of benzene rings is 2. The standard InChI is InChI=1S/C22H24N2O5/c1-22(2,3)29-21(28)24-18-7-5-4-6-17(18)23-19(25)14-16-10-8-15(9-11-16)12-13-20(26)27/h4-13H,14H2,1-3H3,(H,23,25)(H,24,28)(H,26,27)/b13-12+. The fourth-order valence-electron chi connectivity index (χ4n) is 2.41. The average Bonchev–Trinajstić information content (AvgIpc) is 2.61. The molecule has 0 saturated heterocycles. The molecule has 0 saturated carbocycles. The Kier molecular flexibility index (Phi) is 7.14. The molecule has 2 rings (SSSR count). The molecular weight excluding hydrogens is 372 g/mol. The van der Waals surface area contributed by atoms with Crippen molar-refractivity contribution in [3.8, 4) is 0 Å². The molecule has 0 aliphatic heterocycles. The number of hydrogen-bond acceptors (Lipinski definition) is 4. The Morgan fingerprint density at radius 3 is 2.10 bits per heavy atom. The van der Waals surface area contributed by atoms with Crippen molar-refractivity contribution >= 4 is 35.4 Å². The fraction of sp³-hybridized carbons (Fsp3) is 0.227. The van der Waals surface area contributed by atoms with Crippen LogP contribution in [0.15, 0.2) is 54.6 Å². The summed E-state index contributed by atoms with van der Waals surface area (Å²) in [5.41, 5.74) is 1.76. The molecular formula is C22H24N2O5. The summed E-state index contributed by atoms with van der Waals surface area (Å²) in [6.07, 6.45) is 2.05. The van der Waals surface area contributed by atoms with Crippen molar-refractivity contribution in [2.75, 3.05) is 10.6 Å². The summed E-state index contributed by atoms with van der Waals surface area (Å²) >= 11 is 0. The third kappa shape index (κ3) is 7.88. The topological polar surface area (TPSA) is 105 Å². The zero-order valence-electron chi connectivity index (χ0n) is 16.6. The Balaban J connectivity index is 2.00. The molecule has 0 atom stereocenters. The first-order valence-electron chi connectivity index (χ1n) is 9.01. The first kappa shape index (κ1) is 21.7. The van der Waals surface area contributed by atoms with Gasteiger partial charge in [0.25, 0.3) is 0 Å². The maximum Gasteiger partial charge on any atom is 0.412 e. The van der Waals surface area contributed by atoms with Crippen molar-refractivity contribution in [3.63, 3.8) is 0 Å². The molecule has 7 nitrogen and oxygen atoms in total. The molecule has 0 aliphatic carbocycles. The number of anilines is 2. The van der Waals surface area contributed by atoms with Crippen LogP contribution in [0.25, 0.3) is 6.08 Å². The zero-order chi connectivity index (χ0) is 21.4. The second kappa shape index (κ2) is 9.54. The number of hydrogen-bond donors (Lipinski definition) is 3. The van der Waals surface area contributed by atoms with Crippen LogP contribution in [0.4, 0.5) is 16.2 Å². The molecule has 2 aromatic carbocycles. The predicted molar refractivity (Wildman–Crippen MR) is 112 cm³/mol. The fourth-order valence-corrected chi connectivity index (χ4v) is 2.41. The molecule has 7 heteroatoms. The molecule has 0 aliphatic rings. The number of rotatable bonds is 6. The van der Waals surface area contributed by atoms with Gasteiger partial charge < -0.3 is 15.2 Å². The Morgan fingerprint density at radius 1 is 0.966 bits per heavy atom. The van der Waals surface area contributed by atoms with Gasteiger partial charge in [0.2, 0.25) is 5.91 Å². The summed E-state index contributed by atoms with van der Waals surface area (Å²) in [7, 11) is 0. The summed E-state index contributed by atoms with van der Waals surface area (Å²) in [5.74, 6) is -1.27. The van der Waals surface area contributed by atoms with E-state index in [-0.39, 0.29) is 12.3 Å². The van der Waals surface area contributed by atoms with Crippen LogP contribution in [0, 0.1) is 0 Å². The van der Waals surface area contributed by atoms with Gasteiger partial charge in [-0.2, -0.15) is 0 Å². The Hall–Kier alpha value is -3.61. The maximum absolute atomic E-state index is 12.4. The van der Waals surface area contributed by atoms with Gasteiger partial charge in [-0.25, -0.2) is 9.59 Å². The molecule has 2 amide bonds. The van der Waals surface area contributed by atoms with E-state index in [2.05, 4.69) is 10.6 Å². The van der Waals surface area contributed by atoms with Gasteiger partial charge in [-0.1, -0.05) is 36.4 Å². The lowest BCUT2D eigenvalue weighted by atomic mass is 10.1. The van der Waals surface area contributed by atoms with Gasteiger partial charge in [0, 0.05) is 6.08 Å². The van der Waals surface area contributed by atoms with Crippen molar-refractivity contribution < 1.29 is 24.2 Å². The first-order chi connectivity index (χ1) is 13.6. The second-order valence-electron chi connectivity index (χ2n) is 7.31. The van der Waals surface area contributed by atoms with Crippen molar-refractivity contribution in [2.45, 2.75) is 32.8 Å². The molecule has 3 N–H and O–H groups in total. The Morgan fingerprint density at radius 2 is 1.55 bits per heavy atom. The molecule has 0 fully saturated rings. The van der Waals surface area contributed by atoms with Crippen LogP contribution in [0.2, 0.25) is 0 Å². The molecule has 0 spiro atoms. The SMILES string of the molecule is CC(C)(C)OC(=O)Nc1ccccc1NC(=O)Cc1ccc(/C=C/C(=O)O)cc1. The van der Waals surface area contributed by atoms with Crippen LogP contribution in [0.5, 0.6) is 0 Å². The number of amides is 2. The van der Waals surface area contributed by atoms with E-state index in [9.17, 15) is 14.4 Å². The van der Waals surface area contributed by atoms with Gasteiger partial charge in [0.05, 0.1) is 17.8 Å². The van der Waals surface area contributed by atoms with E-state index in [0.717, 1.165) is 17.2 Å². The highest BCUT2D eigenvalue weighted by atomic mass is 16.6. The Bertz CT molecular complexity index is 912. The lowest BCUT2D eigenvalue weighted by molar-refractivity contribution is -0.131. The average molecular weight is 396 g/mol. The molecule has 29 heavy (non-hydrogen) atoms. The first-order valence-corrected chi connectivity index (χ1v) is 9.01. The predicted octanol–water partition coefficient (Wildman–Crippen LogP) is 4.31. The number of ether oxygens (including phenoxy) is 1. The Labute approximate surface area is 169 Å². The molecule has 0 unspecified atom stereocenters. The number of aliphatic carboxylic acids is 1. The van der Waals surface area contributed by atoms with Gasteiger partial charge in [-0.15, -0.1) is 0 Å². The van der Waals surface area contributed by atoms with Crippen LogP contribution in [-0.2, 0) is 20.7 Å². The van der Waals surface area contributed by atoms with E-state index in [4.69, 9.17) is 9.84 Å². The number of carbonyl (C=O) groups is 3. The van der Waals surface area contributed by atoms with Crippen molar-refractivity contribution in [1.82, 2.24) is 0 Å². The van der Waals surface area contributed by atoms with Crippen LogP contribution in [-0.4, -0.2) is 28.7 Å². The highest BCUT2D eigenvalue weighted by Gasteiger charge is 2.17. The number of nitrogens with one attached hydrogen (secondary N) is 2. The van der Waals surface area contributed by atoms with Crippen molar-refractivity contribution in [3.05, 3.63) is 65.7 Å².